The van der Waals surface area contributed by atoms with Crippen LogP contribution in [0.5, 0.6) is 5.75 Å². The maximum atomic E-state index is 12.8. The molecule has 1 unspecified atom stereocenters. The normalized spacial score (nSPS) is 15.3. The topological polar surface area (TPSA) is 88.7 Å². The minimum atomic E-state index is -0.414. The van der Waals surface area contributed by atoms with Gasteiger partial charge in [-0.2, -0.15) is 0 Å². The highest BCUT2D eigenvalue weighted by atomic mass is 35.5. The molecule has 1 aliphatic heterocycles. The van der Waals surface area contributed by atoms with Crippen LogP contribution in [0, 0.1) is 0 Å². The SMILES string of the molecule is COc1ccc2c(Cl)c(C(=O)NC(=S)Nc3cccc(C(=O)NCC4CCCO4)c3)sc2c1. The van der Waals surface area contributed by atoms with Gasteiger partial charge in [0.15, 0.2) is 5.11 Å². The average Bonchev–Trinajstić information content (AvgIpc) is 3.45. The molecule has 0 bridgehead atoms. The Hall–Kier alpha value is -2.72. The smallest absolute Gasteiger partial charge is 0.269 e. The molecular weight excluding hydrogens is 482 g/mol. The van der Waals surface area contributed by atoms with Gasteiger partial charge in [0.2, 0.25) is 0 Å². The number of amides is 2. The molecule has 4 rings (SSSR count). The highest BCUT2D eigenvalue weighted by Gasteiger charge is 2.19. The Morgan fingerprint density at radius 3 is 2.85 bits per heavy atom. The number of rotatable bonds is 6. The van der Waals surface area contributed by atoms with Crippen molar-refractivity contribution >= 4 is 67.9 Å². The summed E-state index contributed by atoms with van der Waals surface area (Å²) in [6.07, 6.45) is 2.04. The third-order valence-electron chi connectivity index (χ3n) is 5.17. The molecule has 33 heavy (non-hydrogen) atoms. The maximum absolute atomic E-state index is 12.8. The fourth-order valence-corrected chi connectivity index (χ4v) is 5.14. The van der Waals surface area contributed by atoms with Crippen LogP contribution in [0.15, 0.2) is 42.5 Å². The highest BCUT2D eigenvalue weighted by molar-refractivity contribution is 7.80. The van der Waals surface area contributed by atoms with Crippen LogP contribution in [0.1, 0.15) is 32.9 Å². The van der Waals surface area contributed by atoms with Gasteiger partial charge >= 0.3 is 0 Å². The number of methoxy groups -OCH3 is 1. The fourth-order valence-electron chi connectivity index (χ4n) is 3.49. The number of carbonyl (C=O) groups is 2. The Balaban J connectivity index is 1.38. The summed E-state index contributed by atoms with van der Waals surface area (Å²) in [6.45, 7) is 1.22. The van der Waals surface area contributed by atoms with Crippen LogP contribution >= 0.6 is 35.2 Å². The third-order valence-corrected chi connectivity index (χ3v) is 7.03. The van der Waals surface area contributed by atoms with Crippen molar-refractivity contribution in [3.05, 3.63) is 57.9 Å². The van der Waals surface area contributed by atoms with E-state index in [1.165, 1.54) is 11.3 Å². The number of nitrogens with one attached hydrogen (secondary N) is 3. The lowest BCUT2D eigenvalue weighted by Gasteiger charge is -2.12. The van der Waals surface area contributed by atoms with Gasteiger partial charge in [-0.1, -0.05) is 17.7 Å². The molecule has 2 amide bonds. The first-order valence-electron chi connectivity index (χ1n) is 10.3. The molecule has 172 valence electrons. The molecule has 1 saturated heterocycles. The summed E-state index contributed by atoms with van der Waals surface area (Å²) < 4.78 is 11.6. The third kappa shape index (κ3) is 5.62. The molecule has 3 aromatic rings. The van der Waals surface area contributed by atoms with Crippen molar-refractivity contribution in [3.63, 3.8) is 0 Å². The molecule has 0 spiro atoms. The first-order chi connectivity index (χ1) is 15.9. The second kappa shape index (κ2) is 10.5. The van der Waals surface area contributed by atoms with Crippen LogP contribution in [-0.4, -0.2) is 43.3 Å². The van der Waals surface area contributed by atoms with Crippen LogP contribution < -0.4 is 20.7 Å². The van der Waals surface area contributed by atoms with E-state index in [0.717, 1.165) is 29.5 Å². The standard InChI is InChI=1S/C23H22ClN3O4S2/c1-30-15-7-8-17-18(11-15)33-20(19(17)24)22(29)27-23(32)26-14-5-2-4-13(10-14)21(28)25-12-16-6-3-9-31-16/h2,4-5,7-8,10-11,16H,3,6,9,12H2,1H3,(H,25,28)(H2,26,27,29,32). The van der Waals surface area contributed by atoms with Crippen molar-refractivity contribution < 1.29 is 19.1 Å². The molecule has 0 saturated carbocycles. The van der Waals surface area contributed by atoms with E-state index in [4.69, 9.17) is 33.3 Å². The number of thiocarbonyl (C=S) groups is 1. The number of fused-ring (bicyclic) bond motifs is 1. The van der Waals surface area contributed by atoms with Crippen LogP contribution in [0.2, 0.25) is 5.02 Å². The quantitative estimate of drug-likeness (QED) is 0.426. The minimum absolute atomic E-state index is 0.0693. The van der Waals surface area contributed by atoms with Gasteiger partial charge in [0, 0.05) is 34.5 Å². The number of ether oxygens (including phenoxy) is 2. The molecular formula is C23H22ClN3O4S2. The van der Waals surface area contributed by atoms with E-state index in [1.54, 1.807) is 37.4 Å². The molecule has 10 heteroatoms. The lowest BCUT2D eigenvalue weighted by molar-refractivity contribution is 0.0857. The first kappa shape index (κ1) is 23.4. The molecule has 1 fully saturated rings. The summed E-state index contributed by atoms with van der Waals surface area (Å²) in [4.78, 5) is 25.6. The van der Waals surface area contributed by atoms with Crippen LogP contribution in [0.3, 0.4) is 0 Å². The number of carbonyl (C=O) groups excluding carboxylic acids is 2. The summed E-state index contributed by atoms with van der Waals surface area (Å²) in [5.74, 6) is 0.0731. The van der Waals surface area contributed by atoms with E-state index >= 15 is 0 Å². The lowest BCUT2D eigenvalue weighted by atomic mass is 10.1. The van der Waals surface area contributed by atoms with E-state index in [9.17, 15) is 9.59 Å². The van der Waals surface area contributed by atoms with E-state index in [1.807, 2.05) is 12.1 Å². The van der Waals surface area contributed by atoms with Crippen LogP contribution in [-0.2, 0) is 4.74 Å². The van der Waals surface area contributed by atoms with Crippen molar-refractivity contribution in [2.24, 2.45) is 0 Å². The van der Waals surface area contributed by atoms with E-state index in [2.05, 4.69) is 16.0 Å². The van der Waals surface area contributed by atoms with Gasteiger partial charge in [-0.05, 0) is 61.5 Å². The monoisotopic (exact) mass is 503 g/mol. The minimum Gasteiger partial charge on any atom is -0.497 e. The zero-order chi connectivity index (χ0) is 23.4. The number of halogens is 1. The number of anilines is 1. The number of thiophene rings is 1. The molecule has 1 aliphatic rings. The molecule has 1 aromatic heterocycles. The van der Waals surface area contributed by atoms with Crippen molar-refractivity contribution in [2.75, 3.05) is 25.6 Å². The molecule has 7 nitrogen and oxygen atoms in total. The molecule has 2 aromatic carbocycles. The number of benzene rings is 2. The molecule has 0 radical (unpaired) electrons. The summed E-state index contributed by atoms with van der Waals surface area (Å²) >= 11 is 13.0. The Morgan fingerprint density at radius 2 is 2.09 bits per heavy atom. The second-order valence-electron chi connectivity index (χ2n) is 7.44. The highest BCUT2D eigenvalue weighted by Crippen LogP contribution is 2.37. The summed E-state index contributed by atoms with van der Waals surface area (Å²) in [7, 11) is 1.58. The molecule has 1 atom stereocenters. The van der Waals surface area contributed by atoms with E-state index in [-0.39, 0.29) is 17.1 Å². The van der Waals surface area contributed by atoms with Gasteiger partial charge in [-0.15, -0.1) is 11.3 Å². The zero-order valence-corrected chi connectivity index (χ0v) is 20.2. The average molecular weight is 504 g/mol. The van der Waals surface area contributed by atoms with Gasteiger partial charge in [-0.25, -0.2) is 0 Å². The maximum Gasteiger partial charge on any atom is 0.269 e. The predicted molar refractivity (Wildman–Crippen MR) is 135 cm³/mol. The van der Waals surface area contributed by atoms with E-state index in [0.29, 0.717) is 33.4 Å². The van der Waals surface area contributed by atoms with E-state index < -0.39 is 5.91 Å². The Kier molecular flexibility index (Phi) is 7.44. The van der Waals surface area contributed by atoms with Gasteiger partial charge in [-0.3, -0.25) is 14.9 Å². The molecule has 0 aliphatic carbocycles. The number of hydrogen-bond donors (Lipinski definition) is 3. The van der Waals surface area contributed by atoms with Gasteiger partial charge in [0.25, 0.3) is 11.8 Å². The number of hydrogen-bond acceptors (Lipinski definition) is 6. The van der Waals surface area contributed by atoms with Crippen molar-refractivity contribution in [2.45, 2.75) is 18.9 Å². The Bertz CT molecular complexity index is 1210. The Morgan fingerprint density at radius 1 is 1.24 bits per heavy atom. The van der Waals surface area contributed by atoms with Gasteiger partial charge < -0.3 is 20.1 Å². The lowest BCUT2D eigenvalue weighted by Crippen LogP contribution is -2.34. The van der Waals surface area contributed by atoms with Crippen molar-refractivity contribution in [1.82, 2.24) is 10.6 Å². The largest absolute Gasteiger partial charge is 0.497 e. The fraction of sp³-hybridized carbons (Fsp3) is 0.261. The molecule has 2 heterocycles. The van der Waals surface area contributed by atoms with Crippen molar-refractivity contribution in [1.29, 1.82) is 0 Å². The van der Waals surface area contributed by atoms with Crippen LogP contribution in [0.25, 0.3) is 10.1 Å². The van der Waals surface area contributed by atoms with Gasteiger partial charge in [0.1, 0.15) is 10.6 Å². The summed E-state index contributed by atoms with van der Waals surface area (Å²) in [5.41, 5.74) is 1.06. The first-order valence-corrected chi connectivity index (χ1v) is 11.9. The van der Waals surface area contributed by atoms with Crippen LogP contribution in [0.4, 0.5) is 5.69 Å². The second-order valence-corrected chi connectivity index (χ2v) is 9.28. The Labute approximate surface area is 205 Å². The molecule has 3 N–H and O–H groups in total. The van der Waals surface area contributed by atoms with Gasteiger partial charge in [0.05, 0.1) is 18.2 Å². The zero-order valence-electron chi connectivity index (χ0n) is 17.8. The summed E-state index contributed by atoms with van der Waals surface area (Å²) in [5, 5.41) is 9.71. The summed E-state index contributed by atoms with van der Waals surface area (Å²) in [6, 6.07) is 12.3. The predicted octanol–water partition coefficient (Wildman–Crippen LogP) is 4.60. The van der Waals surface area contributed by atoms with Crippen molar-refractivity contribution in [3.8, 4) is 5.75 Å².